The molecule has 2 aromatic rings. The predicted molar refractivity (Wildman–Crippen MR) is 78.3 cm³/mol. The average Bonchev–Trinajstić information content (AvgIpc) is 3.29. The van der Waals surface area contributed by atoms with Crippen molar-refractivity contribution in [3.05, 3.63) is 30.4 Å². The Labute approximate surface area is 128 Å². The Morgan fingerprint density at radius 3 is 2.86 bits per heavy atom. The van der Waals surface area contributed by atoms with Crippen LogP contribution in [-0.2, 0) is 11.3 Å². The topological polar surface area (TPSA) is 80.9 Å². The van der Waals surface area contributed by atoms with Gasteiger partial charge in [0, 0.05) is 23.9 Å². The van der Waals surface area contributed by atoms with Crippen LogP contribution in [0, 0.1) is 17.8 Å². The number of carbonyl (C=O) groups is 1. The molecule has 0 aromatic carbocycles. The summed E-state index contributed by atoms with van der Waals surface area (Å²) in [5, 5.41) is 6.88. The summed E-state index contributed by atoms with van der Waals surface area (Å²) in [6.07, 6.45) is 8.14. The van der Waals surface area contributed by atoms with Gasteiger partial charge >= 0.3 is 0 Å². The molecular formula is C16H18N4O2. The maximum Gasteiger partial charge on any atom is 0.246 e. The summed E-state index contributed by atoms with van der Waals surface area (Å²) in [6, 6.07) is 3.64. The number of pyridine rings is 1. The van der Waals surface area contributed by atoms with Crippen LogP contribution in [0.1, 0.15) is 31.6 Å². The zero-order valence-corrected chi connectivity index (χ0v) is 12.2. The van der Waals surface area contributed by atoms with Crippen LogP contribution in [0.5, 0.6) is 0 Å². The van der Waals surface area contributed by atoms with E-state index in [-0.39, 0.29) is 11.8 Å². The van der Waals surface area contributed by atoms with Gasteiger partial charge in [0.2, 0.25) is 17.6 Å². The smallest absolute Gasteiger partial charge is 0.246 e. The molecule has 0 spiro atoms. The Kier molecular flexibility index (Phi) is 3.36. The largest absolute Gasteiger partial charge is 0.347 e. The van der Waals surface area contributed by atoms with Crippen molar-refractivity contribution in [2.45, 2.75) is 32.2 Å². The van der Waals surface area contributed by atoms with Crippen molar-refractivity contribution >= 4 is 5.91 Å². The molecular weight excluding hydrogens is 280 g/mol. The molecule has 114 valence electrons. The van der Waals surface area contributed by atoms with Crippen molar-refractivity contribution in [1.29, 1.82) is 0 Å². The lowest BCUT2D eigenvalue weighted by atomic mass is 9.88. The van der Waals surface area contributed by atoms with Crippen LogP contribution in [0.3, 0.4) is 0 Å². The second-order valence-corrected chi connectivity index (χ2v) is 6.25. The van der Waals surface area contributed by atoms with Crippen LogP contribution >= 0.6 is 0 Å². The van der Waals surface area contributed by atoms with Gasteiger partial charge in [-0.2, -0.15) is 4.98 Å². The van der Waals surface area contributed by atoms with Crippen LogP contribution in [0.25, 0.3) is 11.4 Å². The third kappa shape index (κ3) is 2.49. The lowest BCUT2D eigenvalue weighted by molar-refractivity contribution is -0.126. The summed E-state index contributed by atoms with van der Waals surface area (Å²) in [4.78, 5) is 20.5. The van der Waals surface area contributed by atoms with Crippen LogP contribution in [0.15, 0.2) is 29.0 Å². The highest BCUT2D eigenvalue weighted by molar-refractivity contribution is 5.79. The lowest BCUT2D eigenvalue weighted by Gasteiger charge is -2.20. The van der Waals surface area contributed by atoms with Gasteiger partial charge in [-0.3, -0.25) is 9.78 Å². The molecule has 0 aliphatic heterocycles. The first kappa shape index (κ1) is 13.4. The third-order valence-electron chi connectivity index (χ3n) is 4.90. The molecule has 0 saturated heterocycles. The standard InChI is InChI=1S/C16H18N4O2/c21-16(13-8-10-1-2-12(13)7-10)18-9-14-19-15(20-22-14)11-3-5-17-6-4-11/h3-6,10,12-13H,1-2,7-9H2,(H,18,21). The number of nitrogens with one attached hydrogen (secondary N) is 1. The Morgan fingerprint density at radius 2 is 2.14 bits per heavy atom. The second kappa shape index (κ2) is 5.51. The highest BCUT2D eigenvalue weighted by Gasteiger charge is 2.42. The highest BCUT2D eigenvalue weighted by atomic mass is 16.5. The van der Waals surface area contributed by atoms with E-state index in [9.17, 15) is 4.79 Å². The molecule has 1 N–H and O–H groups in total. The van der Waals surface area contributed by atoms with E-state index in [1.165, 1.54) is 19.3 Å². The molecule has 2 fully saturated rings. The molecule has 2 bridgehead atoms. The van der Waals surface area contributed by atoms with E-state index in [1.807, 2.05) is 12.1 Å². The molecule has 22 heavy (non-hydrogen) atoms. The molecule has 0 radical (unpaired) electrons. The number of aromatic nitrogens is 3. The minimum Gasteiger partial charge on any atom is -0.347 e. The fourth-order valence-electron chi connectivity index (χ4n) is 3.80. The first-order chi connectivity index (χ1) is 10.8. The van der Waals surface area contributed by atoms with Crippen molar-refractivity contribution in [2.24, 2.45) is 17.8 Å². The minimum absolute atomic E-state index is 0.135. The highest BCUT2D eigenvalue weighted by Crippen LogP contribution is 2.48. The van der Waals surface area contributed by atoms with Crippen LogP contribution in [-0.4, -0.2) is 21.0 Å². The molecule has 1 amide bonds. The van der Waals surface area contributed by atoms with Gasteiger partial charge in [-0.15, -0.1) is 0 Å². The van der Waals surface area contributed by atoms with Crippen molar-refractivity contribution < 1.29 is 9.32 Å². The van der Waals surface area contributed by atoms with E-state index in [0.29, 0.717) is 24.2 Å². The van der Waals surface area contributed by atoms with E-state index in [4.69, 9.17) is 4.52 Å². The fraction of sp³-hybridized carbons (Fsp3) is 0.500. The second-order valence-electron chi connectivity index (χ2n) is 6.25. The summed E-state index contributed by atoms with van der Waals surface area (Å²) >= 11 is 0. The zero-order chi connectivity index (χ0) is 14.9. The summed E-state index contributed by atoms with van der Waals surface area (Å²) < 4.78 is 5.20. The van der Waals surface area contributed by atoms with E-state index in [2.05, 4.69) is 20.4 Å². The van der Waals surface area contributed by atoms with Crippen LogP contribution in [0.4, 0.5) is 0 Å². The lowest BCUT2D eigenvalue weighted by Crippen LogP contribution is -2.33. The van der Waals surface area contributed by atoms with E-state index >= 15 is 0 Å². The molecule has 6 nitrogen and oxygen atoms in total. The van der Waals surface area contributed by atoms with Gasteiger partial charge in [0.15, 0.2) is 0 Å². The normalized spacial score (nSPS) is 26.3. The molecule has 3 unspecified atom stereocenters. The van der Waals surface area contributed by atoms with E-state index in [1.54, 1.807) is 12.4 Å². The van der Waals surface area contributed by atoms with Crippen LogP contribution in [0.2, 0.25) is 0 Å². The summed E-state index contributed by atoms with van der Waals surface area (Å²) in [7, 11) is 0. The monoisotopic (exact) mass is 298 g/mol. The van der Waals surface area contributed by atoms with Gasteiger partial charge in [0.05, 0.1) is 6.54 Å². The summed E-state index contributed by atoms with van der Waals surface area (Å²) in [6.45, 7) is 0.296. The fourth-order valence-corrected chi connectivity index (χ4v) is 3.80. The van der Waals surface area contributed by atoms with Gasteiger partial charge in [-0.05, 0) is 43.2 Å². The number of hydrogen-bond donors (Lipinski definition) is 1. The molecule has 3 atom stereocenters. The Balaban J connectivity index is 1.36. The Morgan fingerprint density at radius 1 is 1.27 bits per heavy atom. The van der Waals surface area contributed by atoms with Crippen molar-refractivity contribution in [2.75, 3.05) is 0 Å². The van der Waals surface area contributed by atoms with Crippen LogP contribution < -0.4 is 5.32 Å². The quantitative estimate of drug-likeness (QED) is 0.935. The van der Waals surface area contributed by atoms with E-state index < -0.39 is 0 Å². The molecule has 2 heterocycles. The molecule has 2 aliphatic carbocycles. The first-order valence-corrected chi connectivity index (χ1v) is 7.80. The van der Waals surface area contributed by atoms with Crippen molar-refractivity contribution in [1.82, 2.24) is 20.4 Å². The predicted octanol–water partition coefficient (Wildman–Crippen LogP) is 2.18. The van der Waals surface area contributed by atoms with E-state index in [0.717, 1.165) is 17.9 Å². The summed E-state index contributed by atoms with van der Waals surface area (Å²) in [5.41, 5.74) is 0.851. The maximum absolute atomic E-state index is 12.3. The third-order valence-corrected chi connectivity index (χ3v) is 4.90. The van der Waals surface area contributed by atoms with Gasteiger partial charge in [0.25, 0.3) is 0 Å². The SMILES string of the molecule is O=C(NCc1nc(-c2ccncc2)no1)C1CC2CCC1C2. The van der Waals surface area contributed by atoms with Gasteiger partial charge in [-0.1, -0.05) is 11.6 Å². The molecule has 2 aliphatic rings. The number of amides is 1. The minimum atomic E-state index is 0.135. The van der Waals surface area contributed by atoms with Gasteiger partial charge < -0.3 is 9.84 Å². The molecule has 2 aromatic heterocycles. The zero-order valence-electron chi connectivity index (χ0n) is 12.2. The first-order valence-electron chi connectivity index (χ1n) is 7.80. The number of rotatable bonds is 4. The Hall–Kier alpha value is -2.24. The number of fused-ring (bicyclic) bond motifs is 2. The molecule has 6 heteroatoms. The Bertz CT molecular complexity index is 670. The van der Waals surface area contributed by atoms with Crippen molar-refractivity contribution in [3.8, 4) is 11.4 Å². The molecule has 2 saturated carbocycles. The number of hydrogen-bond acceptors (Lipinski definition) is 5. The van der Waals surface area contributed by atoms with Gasteiger partial charge in [0.1, 0.15) is 0 Å². The summed E-state index contributed by atoms with van der Waals surface area (Å²) in [5.74, 6) is 2.62. The maximum atomic E-state index is 12.3. The number of nitrogens with zero attached hydrogens (tertiary/aromatic N) is 3. The molecule has 4 rings (SSSR count). The number of carbonyl (C=O) groups excluding carboxylic acids is 1. The van der Waals surface area contributed by atoms with Gasteiger partial charge in [-0.25, -0.2) is 0 Å². The average molecular weight is 298 g/mol. The van der Waals surface area contributed by atoms with Crippen molar-refractivity contribution in [3.63, 3.8) is 0 Å².